The first-order chi connectivity index (χ1) is 16.7. The Kier molecular flexibility index (Phi) is 5.37. The highest BCUT2D eigenvalue weighted by molar-refractivity contribution is 6.05. The standard InChI is InChI=1S/C26H22N2O6/c29-25(16-1-6-19(7-2-16)30-12-21-14-32-21)27-18-5-10-24-23(11-18)28-26(34-24)17-3-8-20(9-4-17)31-13-22-15-33-22/h1-11,21-22H,12-15H2,(H,27,29). The number of anilines is 1. The van der Waals surface area contributed by atoms with Crippen LogP contribution in [0.15, 0.2) is 71.1 Å². The number of amides is 1. The number of aromatic nitrogens is 1. The van der Waals surface area contributed by atoms with Gasteiger partial charge in [0.25, 0.3) is 5.91 Å². The molecule has 2 atom stereocenters. The molecule has 1 aromatic heterocycles. The molecule has 2 fully saturated rings. The van der Waals surface area contributed by atoms with Crippen LogP contribution in [0, 0.1) is 0 Å². The molecule has 2 saturated heterocycles. The summed E-state index contributed by atoms with van der Waals surface area (Å²) in [6.07, 6.45) is 0.406. The van der Waals surface area contributed by atoms with Crippen LogP contribution in [-0.2, 0) is 9.47 Å². The predicted molar refractivity (Wildman–Crippen MR) is 124 cm³/mol. The van der Waals surface area contributed by atoms with Crippen LogP contribution >= 0.6 is 0 Å². The molecule has 6 rings (SSSR count). The van der Waals surface area contributed by atoms with Crippen molar-refractivity contribution >= 4 is 22.7 Å². The number of ether oxygens (including phenoxy) is 4. The summed E-state index contributed by atoms with van der Waals surface area (Å²) in [4.78, 5) is 17.2. The second-order valence-electron chi connectivity index (χ2n) is 8.24. The van der Waals surface area contributed by atoms with Crippen molar-refractivity contribution in [2.24, 2.45) is 0 Å². The lowest BCUT2D eigenvalue weighted by atomic mass is 10.2. The Labute approximate surface area is 195 Å². The number of nitrogens with zero attached hydrogens (tertiary/aromatic N) is 1. The number of oxazole rings is 1. The number of hydrogen-bond donors (Lipinski definition) is 1. The third-order valence-electron chi connectivity index (χ3n) is 5.54. The van der Waals surface area contributed by atoms with Gasteiger partial charge in [0.05, 0.1) is 13.2 Å². The molecule has 3 aromatic carbocycles. The van der Waals surface area contributed by atoms with E-state index in [0.29, 0.717) is 47.2 Å². The molecule has 172 valence electrons. The van der Waals surface area contributed by atoms with Gasteiger partial charge in [0, 0.05) is 16.8 Å². The van der Waals surface area contributed by atoms with Gasteiger partial charge in [-0.25, -0.2) is 4.98 Å². The fourth-order valence-electron chi connectivity index (χ4n) is 3.44. The highest BCUT2D eigenvalue weighted by atomic mass is 16.6. The van der Waals surface area contributed by atoms with Crippen molar-refractivity contribution in [3.63, 3.8) is 0 Å². The number of benzene rings is 3. The first-order valence-corrected chi connectivity index (χ1v) is 11.1. The Balaban J connectivity index is 1.11. The summed E-state index contributed by atoms with van der Waals surface area (Å²) in [5.41, 5.74) is 3.30. The number of carbonyl (C=O) groups excluding carboxylic acids is 1. The topological polar surface area (TPSA) is 98.7 Å². The van der Waals surface area contributed by atoms with Gasteiger partial charge in [-0.3, -0.25) is 4.79 Å². The molecule has 8 heteroatoms. The highest BCUT2D eigenvalue weighted by Crippen LogP contribution is 2.28. The zero-order chi connectivity index (χ0) is 22.9. The van der Waals surface area contributed by atoms with E-state index >= 15 is 0 Å². The maximum Gasteiger partial charge on any atom is 0.255 e. The van der Waals surface area contributed by atoms with Crippen LogP contribution in [0.25, 0.3) is 22.6 Å². The minimum atomic E-state index is -0.215. The molecule has 3 heterocycles. The van der Waals surface area contributed by atoms with Gasteiger partial charge < -0.3 is 28.7 Å². The SMILES string of the molecule is O=C(Nc1ccc2oc(-c3ccc(OCC4CO4)cc3)nc2c1)c1ccc(OCC2CO2)cc1. The molecular weight excluding hydrogens is 436 g/mol. The van der Waals surface area contributed by atoms with Crippen LogP contribution < -0.4 is 14.8 Å². The van der Waals surface area contributed by atoms with Gasteiger partial charge in [0.15, 0.2) is 5.58 Å². The molecule has 34 heavy (non-hydrogen) atoms. The maximum atomic E-state index is 12.7. The van der Waals surface area contributed by atoms with Crippen molar-refractivity contribution in [3.05, 3.63) is 72.3 Å². The summed E-state index contributed by atoms with van der Waals surface area (Å²) in [6.45, 7) is 2.60. The summed E-state index contributed by atoms with van der Waals surface area (Å²) in [5, 5.41) is 2.91. The fraction of sp³-hybridized carbons (Fsp3) is 0.231. The summed E-state index contributed by atoms with van der Waals surface area (Å²) in [7, 11) is 0. The smallest absolute Gasteiger partial charge is 0.255 e. The monoisotopic (exact) mass is 458 g/mol. The van der Waals surface area contributed by atoms with E-state index in [1.54, 1.807) is 42.5 Å². The molecule has 8 nitrogen and oxygen atoms in total. The molecule has 0 radical (unpaired) electrons. The first-order valence-electron chi connectivity index (χ1n) is 11.1. The minimum absolute atomic E-state index is 0.191. The normalized spacial score (nSPS) is 18.5. The lowest BCUT2D eigenvalue weighted by molar-refractivity contribution is 0.102. The molecular formula is C26H22N2O6. The Morgan fingerprint density at radius 1 is 0.882 bits per heavy atom. The number of carbonyl (C=O) groups is 1. The summed E-state index contributed by atoms with van der Waals surface area (Å²) < 4.78 is 27.5. The Morgan fingerprint density at radius 2 is 1.50 bits per heavy atom. The van der Waals surface area contributed by atoms with Gasteiger partial charge in [-0.2, -0.15) is 0 Å². The molecule has 2 aliphatic rings. The molecule has 4 aromatic rings. The Bertz CT molecular complexity index is 1310. The Morgan fingerprint density at radius 3 is 2.12 bits per heavy atom. The second kappa shape index (κ2) is 8.81. The van der Waals surface area contributed by atoms with Crippen LogP contribution in [0.5, 0.6) is 11.5 Å². The van der Waals surface area contributed by atoms with E-state index in [1.165, 1.54) is 0 Å². The lowest BCUT2D eigenvalue weighted by Crippen LogP contribution is -2.11. The Hall–Kier alpha value is -3.88. The number of epoxide rings is 2. The number of fused-ring (bicyclic) bond motifs is 1. The molecule has 0 saturated carbocycles. The van der Waals surface area contributed by atoms with Crippen molar-refractivity contribution in [2.45, 2.75) is 12.2 Å². The first kappa shape index (κ1) is 20.7. The van der Waals surface area contributed by atoms with Gasteiger partial charge in [-0.15, -0.1) is 0 Å². The lowest BCUT2D eigenvalue weighted by Gasteiger charge is -2.07. The van der Waals surface area contributed by atoms with E-state index in [-0.39, 0.29) is 18.1 Å². The van der Waals surface area contributed by atoms with Crippen LogP contribution in [0.4, 0.5) is 5.69 Å². The molecule has 0 bridgehead atoms. The summed E-state index contributed by atoms with van der Waals surface area (Å²) in [5.74, 6) is 1.77. The van der Waals surface area contributed by atoms with Crippen LogP contribution in [0.2, 0.25) is 0 Å². The maximum absolute atomic E-state index is 12.7. The van der Waals surface area contributed by atoms with Crippen molar-refractivity contribution in [1.29, 1.82) is 0 Å². The van der Waals surface area contributed by atoms with E-state index in [0.717, 1.165) is 24.5 Å². The minimum Gasteiger partial charge on any atom is -0.491 e. The number of rotatable bonds is 9. The van der Waals surface area contributed by atoms with Crippen LogP contribution in [0.3, 0.4) is 0 Å². The molecule has 0 aliphatic carbocycles. The van der Waals surface area contributed by atoms with Gasteiger partial charge >= 0.3 is 0 Å². The zero-order valence-corrected chi connectivity index (χ0v) is 18.2. The van der Waals surface area contributed by atoms with Crippen molar-refractivity contribution in [3.8, 4) is 23.0 Å². The van der Waals surface area contributed by atoms with Crippen LogP contribution in [-0.4, -0.2) is 49.5 Å². The number of nitrogens with one attached hydrogen (secondary N) is 1. The largest absolute Gasteiger partial charge is 0.491 e. The molecule has 1 amide bonds. The summed E-state index contributed by atoms with van der Waals surface area (Å²) >= 11 is 0. The summed E-state index contributed by atoms with van der Waals surface area (Å²) in [6, 6.07) is 20.0. The molecule has 2 aliphatic heterocycles. The van der Waals surface area contributed by atoms with E-state index < -0.39 is 0 Å². The highest BCUT2D eigenvalue weighted by Gasteiger charge is 2.23. The molecule has 0 spiro atoms. The average molecular weight is 458 g/mol. The van der Waals surface area contributed by atoms with Gasteiger partial charge in [-0.05, 0) is 66.7 Å². The van der Waals surface area contributed by atoms with E-state index in [2.05, 4.69) is 10.3 Å². The van der Waals surface area contributed by atoms with E-state index in [4.69, 9.17) is 23.4 Å². The van der Waals surface area contributed by atoms with Gasteiger partial charge in [0.1, 0.15) is 42.4 Å². The van der Waals surface area contributed by atoms with Crippen molar-refractivity contribution in [2.75, 3.05) is 31.7 Å². The fourth-order valence-corrected chi connectivity index (χ4v) is 3.44. The van der Waals surface area contributed by atoms with Crippen molar-refractivity contribution in [1.82, 2.24) is 4.98 Å². The van der Waals surface area contributed by atoms with Gasteiger partial charge in [0.2, 0.25) is 5.89 Å². The van der Waals surface area contributed by atoms with E-state index in [1.807, 2.05) is 24.3 Å². The average Bonchev–Trinajstić information content (AvgIpc) is 3.80. The predicted octanol–water partition coefficient (Wildman–Crippen LogP) is 4.30. The van der Waals surface area contributed by atoms with E-state index in [9.17, 15) is 4.79 Å². The molecule has 2 unspecified atom stereocenters. The quantitative estimate of drug-likeness (QED) is 0.373. The molecule has 1 N–H and O–H groups in total. The van der Waals surface area contributed by atoms with Gasteiger partial charge in [-0.1, -0.05) is 0 Å². The second-order valence-corrected chi connectivity index (χ2v) is 8.24. The van der Waals surface area contributed by atoms with Crippen molar-refractivity contribution < 1.29 is 28.2 Å². The number of hydrogen-bond acceptors (Lipinski definition) is 7. The van der Waals surface area contributed by atoms with Crippen LogP contribution in [0.1, 0.15) is 10.4 Å². The third kappa shape index (κ3) is 4.88. The zero-order valence-electron chi connectivity index (χ0n) is 18.2. The third-order valence-corrected chi connectivity index (χ3v) is 5.54.